The Morgan fingerprint density at radius 1 is 0.297 bits per heavy atom. The standard InChI is InChI=1S/C36H74O/c1-34(2)29-25-21-17-13-9-5-7-11-15-19-23-27-31-36(33-37)32-28-24-20-16-12-8-6-10-14-18-22-26-30-35(3)4/h34-37H,5-33H2,1-4H3. The van der Waals surface area contributed by atoms with E-state index < -0.39 is 0 Å². The van der Waals surface area contributed by atoms with Crippen molar-refractivity contribution in [3.63, 3.8) is 0 Å². The minimum Gasteiger partial charge on any atom is -0.396 e. The monoisotopic (exact) mass is 523 g/mol. The summed E-state index contributed by atoms with van der Waals surface area (Å²) in [6.07, 6.45) is 39.6. The van der Waals surface area contributed by atoms with Gasteiger partial charge in [0.05, 0.1) is 0 Å². The number of unbranched alkanes of at least 4 members (excludes halogenated alkanes) is 22. The number of hydrogen-bond acceptors (Lipinski definition) is 1. The highest BCUT2D eigenvalue weighted by molar-refractivity contribution is 4.60. The number of hydrogen-bond donors (Lipinski definition) is 1. The molecule has 0 aliphatic heterocycles. The van der Waals surface area contributed by atoms with Crippen molar-refractivity contribution >= 4 is 0 Å². The fourth-order valence-corrected chi connectivity index (χ4v) is 5.83. The number of aliphatic hydroxyl groups is 1. The van der Waals surface area contributed by atoms with Gasteiger partial charge in [-0.1, -0.05) is 195 Å². The summed E-state index contributed by atoms with van der Waals surface area (Å²) in [5.41, 5.74) is 0. The zero-order chi connectivity index (χ0) is 27.2. The van der Waals surface area contributed by atoms with Crippen LogP contribution in [0.1, 0.15) is 207 Å². The number of rotatable bonds is 31. The Morgan fingerprint density at radius 3 is 0.676 bits per heavy atom. The highest BCUT2D eigenvalue weighted by atomic mass is 16.3. The van der Waals surface area contributed by atoms with Crippen LogP contribution in [-0.4, -0.2) is 11.7 Å². The maximum atomic E-state index is 9.76. The average Bonchev–Trinajstić information content (AvgIpc) is 2.87. The molecule has 0 saturated heterocycles. The van der Waals surface area contributed by atoms with E-state index in [0.29, 0.717) is 12.5 Å². The van der Waals surface area contributed by atoms with Crippen LogP contribution in [0.2, 0.25) is 0 Å². The first kappa shape index (κ1) is 37.0. The average molecular weight is 523 g/mol. The van der Waals surface area contributed by atoms with E-state index in [-0.39, 0.29) is 0 Å². The Hall–Kier alpha value is -0.0400. The van der Waals surface area contributed by atoms with E-state index in [0.717, 1.165) is 11.8 Å². The van der Waals surface area contributed by atoms with Gasteiger partial charge in [0, 0.05) is 6.61 Å². The molecule has 1 nitrogen and oxygen atoms in total. The lowest BCUT2D eigenvalue weighted by molar-refractivity contribution is 0.204. The van der Waals surface area contributed by atoms with E-state index in [4.69, 9.17) is 0 Å². The Morgan fingerprint density at radius 2 is 0.486 bits per heavy atom. The third-order valence-corrected chi connectivity index (χ3v) is 8.55. The minimum absolute atomic E-state index is 0.412. The molecule has 0 spiro atoms. The van der Waals surface area contributed by atoms with Crippen molar-refractivity contribution in [2.45, 2.75) is 207 Å². The molecule has 37 heavy (non-hydrogen) atoms. The van der Waals surface area contributed by atoms with E-state index in [1.54, 1.807) is 0 Å². The molecule has 0 aliphatic rings. The zero-order valence-corrected chi connectivity index (χ0v) is 26.7. The lowest BCUT2D eigenvalue weighted by Crippen LogP contribution is -2.06. The fraction of sp³-hybridized carbons (Fsp3) is 1.00. The van der Waals surface area contributed by atoms with E-state index in [1.165, 1.54) is 180 Å². The van der Waals surface area contributed by atoms with Crippen LogP contribution in [0.5, 0.6) is 0 Å². The summed E-state index contributed by atoms with van der Waals surface area (Å²) in [7, 11) is 0. The van der Waals surface area contributed by atoms with Crippen LogP contribution in [0.15, 0.2) is 0 Å². The van der Waals surface area contributed by atoms with Crippen molar-refractivity contribution in [3.05, 3.63) is 0 Å². The van der Waals surface area contributed by atoms with Crippen molar-refractivity contribution in [1.29, 1.82) is 0 Å². The van der Waals surface area contributed by atoms with Crippen molar-refractivity contribution in [2.75, 3.05) is 6.61 Å². The van der Waals surface area contributed by atoms with Gasteiger partial charge in [-0.2, -0.15) is 0 Å². The van der Waals surface area contributed by atoms with Gasteiger partial charge in [-0.15, -0.1) is 0 Å². The molecule has 0 saturated carbocycles. The highest BCUT2D eigenvalue weighted by Crippen LogP contribution is 2.20. The van der Waals surface area contributed by atoms with Crippen LogP contribution >= 0.6 is 0 Å². The molecule has 0 aromatic heterocycles. The Kier molecular flexibility index (Phi) is 30.5. The molecule has 0 amide bonds. The van der Waals surface area contributed by atoms with Gasteiger partial charge in [-0.05, 0) is 30.6 Å². The first-order valence-corrected chi connectivity index (χ1v) is 17.7. The molecule has 0 fully saturated rings. The molecule has 0 heterocycles. The summed E-state index contributed by atoms with van der Waals surface area (Å²) in [6, 6.07) is 0. The van der Waals surface area contributed by atoms with Crippen LogP contribution in [-0.2, 0) is 0 Å². The van der Waals surface area contributed by atoms with Crippen molar-refractivity contribution in [1.82, 2.24) is 0 Å². The topological polar surface area (TPSA) is 20.2 Å². The summed E-state index contributed by atoms with van der Waals surface area (Å²) in [5, 5.41) is 9.76. The molecule has 0 aromatic rings. The molecule has 1 heteroatoms. The second kappa shape index (κ2) is 30.5. The molecule has 0 atom stereocenters. The first-order chi connectivity index (χ1) is 18.1. The van der Waals surface area contributed by atoms with Crippen molar-refractivity contribution < 1.29 is 5.11 Å². The van der Waals surface area contributed by atoms with Gasteiger partial charge in [-0.3, -0.25) is 0 Å². The predicted molar refractivity (Wildman–Crippen MR) is 170 cm³/mol. The molecule has 0 rings (SSSR count). The number of aliphatic hydroxyl groups excluding tert-OH is 1. The van der Waals surface area contributed by atoms with Crippen LogP contribution in [0.25, 0.3) is 0 Å². The van der Waals surface area contributed by atoms with Gasteiger partial charge in [-0.25, -0.2) is 0 Å². The van der Waals surface area contributed by atoms with Crippen molar-refractivity contribution in [2.24, 2.45) is 17.8 Å². The summed E-state index contributed by atoms with van der Waals surface area (Å²) in [6.45, 7) is 9.77. The van der Waals surface area contributed by atoms with Crippen molar-refractivity contribution in [3.8, 4) is 0 Å². The molecular weight excluding hydrogens is 448 g/mol. The lowest BCUT2D eigenvalue weighted by atomic mass is 9.94. The minimum atomic E-state index is 0.412. The largest absolute Gasteiger partial charge is 0.396 e. The molecule has 224 valence electrons. The summed E-state index contributed by atoms with van der Waals surface area (Å²) in [5.74, 6) is 2.34. The van der Waals surface area contributed by atoms with E-state index in [1.807, 2.05) is 0 Å². The molecule has 0 unspecified atom stereocenters. The smallest absolute Gasteiger partial charge is 0.0459 e. The zero-order valence-electron chi connectivity index (χ0n) is 26.7. The summed E-state index contributed by atoms with van der Waals surface area (Å²) >= 11 is 0. The molecule has 0 radical (unpaired) electrons. The van der Waals surface area contributed by atoms with Crippen LogP contribution in [0, 0.1) is 17.8 Å². The van der Waals surface area contributed by atoms with Gasteiger partial charge in [0.25, 0.3) is 0 Å². The van der Waals surface area contributed by atoms with Gasteiger partial charge >= 0.3 is 0 Å². The van der Waals surface area contributed by atoms with Crippen LogP contribution in [0.3, 0.4) is 0 Å². The Balaban J connectivity index is 3.27. The normalized spacial score (nSPS) is 12.0. The molecule has 0 aromatic carbocycles. The van der Waals surface area contributed by atoms with Crippen LogP contribution < -0.4 is 0 Å². The first-order valence-electron chi connectivity index (χ1n) is 17.7. The summed E-state index contributed by atoms with van der Waals surface area (Å²) < 4.78 is 0. The quantitative estimate of drug-likeness (QED) is 0.0897. The lowest BCUT2D eigenvalue weighted by Gasteiger charge is -2.13. The third kappa shape index (κ3) is 32.1. The predicted octanol–water partition coefficient (Wildman–Crippen LogP) is 12.8. The maximum Gasteiger partial charge on any atom is 0.0459 e. The highest BCUT2D eigenvalue weighted by Gasteiger charge is 2.07. The molecule has 0 aliphatic carbocycles. The second-order valence-corrected chi connectivity index (χ2v) is 13.5. The molecule has 1 N–H and O–H groups in total. The molecular formula is C36H74O. The van der Waals surface area contributed by atoms with E-state index in [2.05, 4.69) is 27.7 Å². The third-order valence-electron chi connectivity index (χ3n) is 8.55. The SMILES string of the molecule is CC(C)CCCCCCCCCCCCCCC(CO)CCCCCCCCCCCCCCC(C)C. The second-order valence-electron chi connectivity index (χ2n) is 13.5. The van der Waals surface area contributed by atoms with E-state index in [9.17, 15) is 5.11 Å². The Labute approximate surface area is 236 Å². The van der Waals surface area contributed by atoms with E-state index >= 15 is 0 Å². The summed E-state index contributed by atoms with van der Waals surface area (Å²) in [4.78, 5) is 0. The van der Waals surface area contributed by atoms with Gasteiger partial charge in [0.2, 0.25) is 0 Å². The van der Waals surface area contributed by atoms with Gasteiger partial charge < -0.3 is 5.11 Å². The van der Waals surface area contributed by atoms with Gasteiger partial charge in [0.15, 0.2) is 0 Å². The molecule has 0 bridgehead atoms. The van der Waals surface area contributed by atoms with Crippen LogP contribution in [0.4, 0.5) is 0 Å². The Bertz CT molecular complexity index is 365. The maximum absolute atomic E-state index is 9.76. The van der Waals surface area contributed by atoms with Gasteiger partial charge in [0.1, 0.15) is 0 Å². The fourth-order valence-electron chi connectivity index (χ4n) is 5.83.